The SMILES string of the molecule is CCCCCCC(CC)C(CCC)CCC(C)CCC. The third-order valence-electron chi connectivity index (χ3n) is 5.09. The molecule has 0 aromatic carbocycles. The van der Waals surface area contributed by atoms with Gasteiger partial charge >= 0.3 is 0 Å². The maximum Gasteiger partial charge on any atom is -0.0386 e. The Kier molecular flexibility index (Phi) is 14.0. The van der Waals surface area contributed by atoms with Crippen LogP contribution in [0.2, 0.25) is 0 Å². The lowest BCUT2D eigenvalue weighted by Gasteiger charge is -2.27. The van der Waals surface area contributed by atoms with Gasteiger partial charge in [-0.05, 0) is 24.2 Å². The minimum absolute atomic E-state index is 0.942. The molecule has 0 heteroatoms. The van der Waals surface area contributed by atoms with E-state index in [1.807, 2.05) is 0 Å². The molecule has 0 fully saturated rings. The van der Waals surface area contributed by atoms with Gasteiger partial charge in [-0.2, -0.15) is 0 Å². The van der Waals surface area contributed by atoms with Crippen LogP contribution in [0.4, 0.5) is 0 Å². The van der Waals surface area contributed by atoms with Gasteiger partial charge in [-0.1, -0.05) is 105 Å². The van der Waals surface area contributed by atoms with Crippen molar-refractivity contribution in [1.82, 2.24) is 0 Å². The van der Waals surface area contributed by atoms with Crippen molar-refractivity contribution in [2.24, 2.45) is 17.8 Å². The average Bonchev–Trinajstić information content (AvgIpc) is 2.44. The largest absolute Gasteiger partial charge is 0.0654 e. The predicted molar refractivity (Wildman–Crippen MR) is 94.2 cm³/mol. The number of unbranched alkanes of at least 4 members (excludes halogenated alkanes) is 3. The first kappa shape index (κ1) is 20.0. The van der Waals surface area contributed by atoms with E-state index in [1.54, 1.807) is 0 Å². The number of hydrogen-bond donors (Lipinski definition) is 0. The molecule has 0 heterocycles. The summed E-state index contributed by atoms with van der Waals surface area (Å²) >= 11 is 0. The highest BCUT2D eigenvalue weighted by Crippen LogP contribution is 2.31. The molecule has 0 saturated carbocycles. The van der Waals surface area contributed by atoms with E-state index in [0.717, 1.165) is 17.8 Å². The van der Waals surface area contributed by atoms with E-state index in [9.17, 15) is 0 Å². The molecule has 0 saturated heterocycles. The molecule has 0 spiro atoms. The van der Waals surface area contributed by atoms with Crippen LogP contribution in [0.1, 0.15) is 112 Å². The van der Waals surface area contributed by atoms with Crippen LogP contribution in [-0.2, 0) is 0 Å². The summed E-state index contributed by atoms with van der Waals surface area (Å²) in [5.41, 5.74) is 0. The van der Waals surface area contributed by atoms with Gasteiger partial charge < -0.3 is 0 Å². The minimum atomic E-state index is 0.942. The van der Waals surface area contributed by atoms with Crippen molar-refractivity contribution in [3.05, 3.63) is 0 Å². The van der Waals surface area contributed by atoms with E-state index in [2.05, 4.69) is 34.6 Å². The molecular formula is C20H42. The van der Waals surface area contributed by atoms with Gasteiger partial charge in [0.25, 0.3) is 0 Å². The smallest absolute Gasteiger partial charge is 0.0386 e. The lowest BCUT2D eigenvalue weighted by Crippen LogP contribution is -2.15. The van der Waals surface area contributed by atoms with Crippen molar-refractivity contribution >= 4 is 0 Å². The lowest BCUT2D eigenvalue weighted by molar-refractivity contribution is 0.243. The molecule has 0 amide bonds. The van der Waals surface area contributed by atoms with E-state index in [-0.39, 0.29) is 0 Å². The van der Waals surface area contributed by atoms with Crippen LogP contribution >= 0.6 is 0 Å². The summed E-state index contributed by atoms with van der Waals surface area (Å²) in [5.74, 6) is 2.95. The normalized spacial score (nSPS) is 16.1. The molecule has 0 aliphatic rings. The lowest BCUT2D eigenvalue weighted by atomic mass is 9.79. The first-order chi connectivity index (χ1) is 9.69. The first-order valence-corrected chi connectivity index (χ1v) is 9.69. The Morgan fingerprint density at radius 2 is 1.25 bits per heavy atom. The van der Waals surface area contributed by atoms with Crippen LogP contribution in [0.5, 0.6) is 0 Å². The summed E-state index contributed by atoms with van der Waals surface area (Å²) in [7, 11) is 0. The van der Waals surface area contributed by atoms with Crippen molar-refractivity contribution in [3.63, 3.8) is 0 Å². The zero-order valence-corrected chi connectivity index (χ0v) is 15.2. The van der Waals surface area contributed by atoms with Gasteiger partial charge in [0.2, 0.25) is 0 Å². The zero-order chi connectivity index (χ0) is 15.2. The molecule has 20 heavy (non-hydrogen) atoms. The average molecular weight is 283 g/mol. The van der Waals surface area contributed by atoms with Crippen LogP contribution in [0.25, 0.3) is 0 Å². The Bertz CT molecular complexity index is 184. The molecule has 0 radical (unpaired) electrons. The predicted octanol–water partition coefficient (Wildman–Crippen LogP) is 7.62. The molecule has 122 valence electrons. The molecule has 0 N–H and O–H groups in total. The third kappa shape index (κ3) is 9.83. The molecule has 0 bridgehead atoms. The Labute approximate surface area is 130 Å². The fraction of sp³-hybridized carbons (Fsp3) is 1.00. The fourth-order valence-electron chi connectivity index (χ4n) is 3.73. The van der Waals surface area contributed by atoms with Crippen LogP contribution in [-0.4, -0.2) is 0 Å². The van der Waals surface area contributed by atoms with E-state index in [0.29, 0.717) is 0 Å². The summed E-state index contributed by atoms with van der Waals surface area (Å²) in [4.78, 5) is 0. The second kappa shape index (κ2) is 14.0. The second-order valence-electron chi connectivity index (χ2n) is 7.04. The molecule has 0 nitrogen and oxygen atoms in total. The summed E-state index contributed by atoms with van der Waals surface area (Å²) in [6.45, 7) is 11.9. The molecule has 0 aromatic heterocycles. The van der Waals surface area contributed by atoms with Crippen LogP contribution in [0.15, 0.2) is 0 Å². The first-order valence-electron chi connectivity index (χ1n) is 9.69. The topological polar surface area (TPSA) is 0 Å². The Balaban J connectivity index is 4.14. The maximum absolute atomic E-state index is 2.45. The highest BCUT2D eigenvalue weighted by molar-refractivity contribution is 4.71. The van der Waals surface area contributed by atoms with Gasteiger partial charge in [-0.3, -0.25) is 0 Å². The highest BCUT2D eigenvalue weighted by atomic mass is 14.2. The molecule has 0 aromatic rings. The van der Waals surface area contributed by atoms with E-state index >= 15 is 0 Å². The van der Waals surface area contributed by atoms with E-state index < -0.39 is 0 Å². The number of rotatable bonds is 14. The van der Waals surface area contributed by atoms with Crippen molar-refractivity contribution < 1.29 is 0 Å². The third-order valence-corrected chi connectivity index (χ3v) is 5.09. The maximum atomic E-state index is 2.45. The molecule has 3 unspecified atom stereocenters. The second-order valence-corrected chi connectivity index (χ2v) is 7.04. The van der Waals surface area contributed by atoms with Gasteiger partial charge in [0, 0.05) is 0 Å². The quantitative estimate of drug-likeness (QED) is 0.287. The molecule has 3 atom stereocenters. The van der Waals surface area contributed by atoms with Gasteiger partial charge in [0.05, 0.1) is 0 Å². The van der Waals surface area contributed by atoms with Crippen LogP contribution in [0, 0.1) is 17.8 Å². The van der Waals surface area contributed by atoms with Gasteiger partial charge in [0.15, 0.2) is 0 Å². The summed E-state index contributed by atoms with van der Waals surface area (Å²) in [5, 5.41) is 0. The van der Waals surface area contributed by atoms with Gasteiger partial charge in [-0.25, -0.2) is 0 Å². The van der Waals surface area contributed by atoms with Crippen LogP contribution < -0.4 is 0 Å². The summed E-state index contributed by atoms with van der Waals surface area (Å²) in [6, 6.07) is 0. The minimum Gasteiger partial charge on any atom is -0.0654 e. The Morgan fingerprint density at radius 1 is 0.550 bits per heavy atom. The van der Waals surface area contributed by atoms with Gasteiger partial charge in [-0.15, -0.1) is 0 Å². The zero-order valence-electron chi connectivity index (χ0n) is 15.2. The molecule has 0 rings (SSSR count). The fourth-order valence-corrected chi connectivity index (χ4v) is 3.73. The molecular weight excluding hydrogens is 240 g/mol. The van der Waals surface area contributed by atoms with Gasteiger partial charge in [0.1, 0.15) is 0 Å². The van der Waals surface area contributed by atoms with Crippen molar-refractivity contribution in [3.8, 4) is 0 Å². The number of hydrogen-bond acceptors (Lipinski definition) is 0. The van der Waals surface area contributed by atoms with Crippen molar-refractivity contribution in [2.75, 3.05) is 0 Å². The van der Waals surface area contributed by atoms with Crippen molar-refractivity contribution in [2.45, 2.75) is 112 Å². The van der Waals surface area contributed by atoms with E-state index in [1.165, 1.54) is 77.0 Å². The highest BCUT2D eigenvalue weighted by Gasteiger charge is 2.19. The monoisotopic (exact) mass is 282 g/mol. The Hall–Kier alpha value is 0. The molecule has 0 aliphatic carbocycles. The summed E-state index contributed by atoms with van der Waals surface area (Å²) in [6.07, 6.45) is 17.2. The molecule has 0 aliphatic heterocycles. The van der Waals surface area contributed by atoms with Crippen LogP contribution in [0.3, 0.4) is 0 Å². The Morgan fingerprint density at radius 3 is 1.80 bits per heavy atom. The van der Waals surface area contributed by atoms with E-state index in [4.69, 9.17) is 0 Å². The standard InChI is InChI=1S/C20H42/c1-6-10-11-12-15-19(9-4)20(14-8-3)17-16-18(5)13-7-2/h18-20H,6-17H2,1-5H3. The summed E-state index contributed by atoms with van der Waals surface area (Å²) < 4.78 is 0. The van der Waals surface area contributed by atoms with Crippen molar-refractivity contribution in [1.29, 1.82) is 0 Å².